The van der Waals surface area contributed by atoms with E-state index < -0.39 is 0 Å². The van der Waals surface area contributed by atoms with Gasteiger partial charge in [0.25, 0.3) is 0 Å². The fourth-order valence-corrected chi connectivity index (χ4v) is 3.34. The second kappa shape index (κ2) is 6.91. The van der Waals surface area contributed by atoms with Crippen molar-refractivity contribution in [3.8, 4) is 0 Å². The van der Waals surface area contributed by atoms with Gasteiger partial charge in [-0.25, -0.2) is 0 Å². The van der Waals surface area contributed by atoms with E-state index in [1.54, 1.807) is 0 Å². The molecule has 0 saturated carbocycles. The van der Waals surface area contributed by atoms with Crippen molar-refractivity contribution in [1.82, 2.24) is 19.9 Å². The molecule has 3 rings (SSSR count). The van der Waals surface area contributed by atoms with Gasteiger partial charge in [-0.1, -0.05) is 32.0 Å². The van der Waals surface area contributed by atoms with Crippen LogP contribution in [0.15, 0.2) is 30.3 Å². The van der Waals surface area contributed by atoms with Crippen LogP contribution in [0.25, 0.3) is 0 Å². The smallest absolute Gasteiger partial charge is 0.232 e. The Morgan fingerprint density at radius 1 is 1.09 bits per heavy atom. The van der Waals surface area contributed by atoms with E-state index in [2.05, 4.69) is 39.0 Å². The number of likely N-dealkylation sites (tertiary alicyclic amines) is 1. The van der Waals surface area contributed by atoms with Crippen LogP contribution in [-0.4, -0.2) is 32.9 Å². The summed E-state index contributed by atoms with van der Waals surface area (Å²) >= 11 is 0. The van der Waals surface area contributed by atoms with Gasteiger partial charge in [-0.3, -0.25) is 4.90 Å². The second-order valence-electron chi connectivity index (χ2n) is 6.56. The zero-order valence-electron chi connectivity index (χ0n) is 13.7. The molecule has 23 heavy (non-hydrogen) atoms. The van der Waals surface area contributed by atoms with Gasteiger partial charge in [-0.2, -0.15) is 15.0 Å². The number of hydrogen-bond acceptors (Lipinski definition) is 6. The zero-order chi connectivity index (χ0) is 16.2. The molecule has 2 atom stereocenters. The van der Waals surface area contributed by atoms with Crippen molar-refractivity contribution in [2.45, 2.75) is 26.8 Å². The summed E-state index contributed by atoms with van der Waals surface area (Å²) in [7, 11) is 0. The summed E-state index contributed by atoms with van der Waals surface area (Å²) in [6.07, 6.45) is 1.29. The molecule has 3 N–H and O–H groups in total. The monoisotopic (exact) mass is 312 g/mol. The Bertz CT molecular complexity index is 635. The lowest BCUT2D eigenvalue weighted by Crippen LogP contribution is -2.38. The van der Waals surface area contributed by atoms with Gasteiger partial charge < -0.3 is 11.1 Å². The van der Waals surface area contributed by atoms with E-state index in [0.29, 0.717) is 24.3 Å². The lowest BCUT2D eigenvalue weighted by molar-refractivity contribution is 0.131. The minimum atomic E-state index is 0.256. The Hall–Kier alpha value is -2.21. The summed E-state index contributed by atoms with van der Waals surface area (Å²) in [6.45, 7) is 7.47. The average Bonchev–Trinajstić information content (AvgIpc) is 2.46. The van der Waals surface area contributed by atoms with Crippen molar-refractivity contribution in [2.24, 2.45) is 11.8 Å². The number of nitrogens with one attached hydrogen (secondary N) is 1. The molecule has 0 unspecified atom stereocenters. The van der Waals surface area contributed by atoms with Crippen molar-refractivity contribution >= 4 is 17.6 Å². The predicted molar refractivity (Wildman–Crippen MR) is 92.2 cm³/mol. The van der Waals surface area contributed by atoms with E-state index in [9.17, 15) is 0 Å². The van der Waals surface area contributed by atoms with Crippen LogP contribution in [0.1, 0.15) is 26.1 Å². The number of piperidine rings is 1. The Labute approximate surface area is 137 Å². The highest BCUT2D eigenvalue weighted by atomic mass is 15.2. The maximum absolute atomic E-state index is 5.85. The Morgan fingerprint density at radius 3 is 2.48 bits per heavy atom. The number of aromatic nitrogens is 3. The Kier molecular flexibility index (Phi) is 4.71. The number of anilines is 3. The highest BCUT2D eigenvalue weighted by Gasteiger charge is 2.22. The summed E-state index contributed by atoms with van der Waals surface area (Å²) < 4.78 is 0. The molecule has 0 bridgehead atoms. The molecule has 6 nitrogen and oxygen atoms in total. The van der Waals surface area contributed by atoms with Gasteiger partial charge in [-0.05, 0) is 30.4 Å². The normalized spacial score (nSPS) is 22.0. The predicted octanol–water partition coefficient (Wildman–Crippen LogP) is 2.68. The Morgan fingerprint density at radius 2 is 1.78 bits per heavy atom. The molecular weight excluding hydrogens is 288 g/mol. The number of benzene rings is 1. The van der Waals surface area contributed by atoms with Crippen LogP contribution in [0, 0.1) is 11.8 Å². The SMILES string of the molecule is C[C@@H]1C[C@@H](C)CN(Cc2nc(N)nc(Nc3ccccc3)n2)C1. The van der Waals surface area contributed by atoms with Crippen molar-refractivity contribution in [1.29, 1.82) is 0 Å². The number of nitrogens with zero attached hydrogens (tertiary/aromatic N) is 4. The van der Waals surface area contributed by atoms with Crippen molar-refractivity contribution in [2.75, 3.05) is 24.1 Å². The van der Waals surface area contributed by atoms with E-state index in [4.69, 9.17) is 5.73 Å². The molecule has 0 aliphatic carbocycles. The van der Waals surface area contributed by atoms with Crippen LogP contribution < -0.4 is 11.1 Å². The van der Waals surface area contributed by atoms with Crippen molar-refractivity contribution in [3.63, 3.8) is 0 Å². The minimum Gasteiger partial charge on any atom is -0.368 e. The van der Waals surface area contributed by atoms with E-state index >= 15 is 0 Å². The highest BCUT2D eigenvalue weighted by molar-refractivity contribution is 5.53. The van der Waals surface area contributed by atoms with Crippen LogP contribution in [0.2, 0.25) is 0 Å². The Balaban J connectivity index is 1.72. The van der Waals surface area contributed by atoms with Crippen LogP contribution >= 0.6 is 0 Å². The standard InChI is InChI=1S/C17H24N6/c1-12-8-13(2)10-23(9-12)11-15-20-16(18)22-17(21-15)19-14-6-4-3-5-7-14/h3-7,12-13H,8-11H2,1-2H3,(H3,18,19,20,21,22)/t12-,13-/m1/s1. The van der Waals surface area contributed by atoms with Crippen LogP contribution in [0.4, 0.5) is 17.6 Å². The quantitative estimate of drug-likeness (QED) is 0.903. The molecule has 122 valence electrons. The maximum Gasteiger partial charge on any atom is 0.232 e. The molecule has 0 spiro atoms. The van der Waals surface area contributed by atoms with E-state index in [-0.39, 0.29) is 5.95 Å². The fraction of sp³-hybridized carbons (Fsp3) is 0.471. The molecule has 1 saturated heterocycles. The number of nitrogen functional groups attached to an aromatic ring is 1. The van der Waals surface area contributed by atoms with Gasteiger partial charge in [0.2, 0.25) is 11.9 Å². The molecule has 0 radical (unpaired) electrons. The van der Waals surface area contributed by atoms with Gasteiger partial charge >= 0.3 is 0 Å². The summed E-state index contributed by atoms with van der Waals surface area (Å²) in [5.41, 5.74) is 6.79. The molecule has 1 aromatic heterocycles. The lowest BCUT2D eigenvalue weighted by Gasteiger charge is -2.34. The molecule has 0 amide bonds. The molecule has 1 aliphatic heterocycles. The molecule has 1 fully saturated rings. The first kappa shape index (κ1) is 15.7. The molecule has 2 heterocycles. The van der Waals surface area contributed by atoms with Crippen molar-refractivity contribution < 1.29 is 0 Å². The van der Waals surface area contributed by atoms with Crippen molar-refractivity contribution in [3.05, 3.63) is 36.2 Å². The first-order valence-electron chi connectivity index (χ1n) is 8.13. The summed E-state index contributed by atoms with van der Waals surface area (Å²) in [5.74, 6) is 2.89. The summed E-state index contributed by atoms with van der Waals surface area (Å²) in [5, 5.41) is 3.18. The third kappa shape index (κ3) is 4.39. The zero-order valence-corrected chi connectivity index (χ0v) is 13.7. The van der Waals surface area contributed by atoms with E-state index in [1.165, 1.54) is 6.42 Å². The van der Waals surface area contributed by atoms with Gasteiger partial charge in [-0.15, -0.1) is 0 Å². The van der Waals surface area contributed by atoms with E-state index in [0.717, 1.165) is 24.6 Å². The van der Waals surface area contributed by atoms with Crippen LogP contribution in [-0.2, 0) is 6.54 Å². The lowest BCUT2D eigenvalue weighted by atomic mass is 9.92. The van der Waals surface area contributed by atoms with Gasteiger partial charge in [0.05, 0.1) is 6.54 Å². The van der Waals surface area contributed by atoms with Gasteiger partial charge in [0.1, 0.15) is 5.82 Å². The number of nitrogens with two attached hydrogens (primary N) is 1. The molecule has 6 heteroatoms. The summed E-state index contributed by atoms with van der Waals surface area (Å²) in [4.78, 5) is 15.4. The fourth-order valence-electron chi connectivity index (χ4n) is 3.34. The molecular formula is C17H24N6. The largest absolute Gasteiger partial charge is 0.368 e. The average molecular weight is 312 g/mol. The number of para-hydroxylation sites is 1. The maximum atomic E-state index is 5.85. The molecule has 2 aromatic rings. The topological polar surface area (TPSA) is 80.0 Å². The third-order valence-electron chi connectivity index (χ3n) is 4.04. The minimum absolute atomic E-state index is 0.256. The number of rotatable bonds is 4. The summed E-state index contributed by atoms with van der Waals surface area (Å²) in [6, 6.07) is 9.83. The molecule has 1 aliphatic rings. The number of hydrogen-bond donors (Lipinski definition) is 2. The van der Waals surface area contributed by atoms with Crippen LogP contribution in [0.3, 0.4) is 0 Å². The second-order valence-corrected chi connectivity index (χ2v) is 6.56. The van der Waals surface area contributed by atoms with Gasteiger partial charge in [0, 0.05) is 18.8 Å². The highest BCUT2D eigenvalue weighted by Crippen LogP contribution is 2.22. The first-order chi connectivity index (χ1) is 11.1. The van der Waals surface area contributed by atoms with Gasteiger partial charge in [0.15, 0.2) is 0 Å². The molecule has 1 aromatic carbocycles. The third-order valence-corrected chi connectivity index (χ3v) is 4.04. The van der Waals surface area contributed by atoms with E-state index in [1.807, 2.05) is 30.3 Å². The van der Waals surface area contributed by atoms with Crippen LogP contribution in [0.5, 0.6) is 0 Å². The first-order valence-corrected chi connectivity index (χ1v) is 8.13.